The number of carbonyl (C=O) groups excluding carboxylic acids is 1. The number of nitrogens with one attached hydrogen (secondary N) is 1. The summed E-state index contributed by atoms with van der Waals surface area (Å²) < 4.78 is 0. The smallest absolute Gasteiger partial charge is 0.284 e. The van der Waals surface area contributed by atoms with Crippen molar-refractivity contribution in [1.82, 2.24) is 5.01 Å². The van der Waals surface area contributed by atoms with E-state index in [0.717, 1.165) is 4.88 Å². The van der Waals surface area contributed by atoms with Gasteiger partial charge in [-0.2, -0.15) is 10.5 Å². The van der Waals surface area contributed by atoms with Gasteiger partial charge in [0.05, 0.1) is 6.07 Å². The van der Waals surface area contributed by atoms with Crippen molar-refractivity contribution >= 4 is 28.7 Å². The van der Waals surface area contributed by atoms with E-state index in [4.69, 9.17) is 11.3 Å². The van der Waals surface area contributed by atoms with Crippen molar-refractivity contribution in [2.24, 2.45) is 11.8 Å². The highest BCUT2D eigenvalue weighted by molar-refractivity contribution is 7.13. The summed E-state index contributed by atoms with van der Waals surface area (Å²) in [5, 5.41) is 27.1. The summed E-state index contributed by atoms with van der Waals surface area (Å²) in [7, 11) is 0. The van der Waals surface area contributed by atoms with Crippen molar-refractivity contribution in [2.75, 3.05) is 0 Å². The molecule has 1 amide bonds. The maximum Gasteiger partial charge on any atom is 0.284 e. The normalized spacial score (nSPS) is 19.2. The van der Waals surface area contributed by atoms with Crippen LogP contribution in [0.3, 0.4) is 0 Å². The monoisotopic (exact) mass is 313 g/mol. The molecule has 0 aliphatic carbocycles. The first-order valence-electron chi connectivity index (χ1n) is 6.54. The number of rotatable bonds is 1. The second-order valence-electron chi connectivity index (χ2n) is 5.94. The first-order valence-corrected chi connectivity index (χ1v) is 7.36. The molecule has 112 valence electrons. The molecule has 0 spiro atoms. The summed E-state index contributed by atoms with van der Waals surface area (Å²) in [6.45, 7) is 6.17. The van der Waals surface area contributed by atoms with E-state index in [2.05, 4.69) is 20.8 Å². The van der Waals surface area contributed by atoms with Crippen molar-refractivity contribution in [1.29, 1.82) is 15.9 Å². The Morgan fingerprint density at radius 1 is 1.36 bits per heavy atom. The quantitative estimate of drug-likeness (QED) is 0.610. The lowest BCUT2D eigenvalue weighted by atomic mass is 9.89. The van der Waals surface area contributed by atoms with Gasteiger partial charge < -0.3 is 0 Å². The van der Waals surface area contributed by atoms with E-state index in [-0.39, 0.29) is 22.4 Å². The maximum atomic E-state index is 12.1. The summed E-state index contributed by atoms with van der Waals surface area (Å²) in [6.07, 6.45) is 0. The molecule has 1 aromatic heterocycles. The van der Waals surface area contributed by atoms with Gasteiger partial charge in [0.2, 0.25) is 0 Å². The summed E-state index contributed by atoms with van der Waals surface area (Å²) in [5.41, 5.74) is 0.0272. The number of amidine groups is 1. The van der Waals surface area contributed by atoms with Crippen LogP contribution in [0.5, 0.6) is 0 Å². The SMILES string of the molecule is CC(C)(C)c1ccc(C2=C(C#N)C(=O)N(N)C(=N)C2C#N)s1. The highest BCUT2D eigenvalue weighted by Crippen LogP contribution is 2.39. The van der Waals surface area contributed by atoms with E-state index in [1.165, 1.54) is 11.3 Å². The molecule has 1 aromatic rings. The number of nitrogens with two attached hydrogens (primary N) is 1. The number of nitrogens with zero attached hydrogens (tertiary/aromatic N) is 3. The van der Waals surface area contributed by atoms with Crippen LogP contribution >= 0.6 is 11.3 Å². The van der Waals surface area contributed by atoms with Gasteiger partial charge in [0.25, 0.3) is 5.91 Å². The van der Waals surface area contributed by atoms with E-state index in [0.29, 0.717) is 9.89 Å². The summed E-state index contributed by atoms with van der Waals surface area (Å²) in [4.78, 5) is 13.8. The van der Waals surface area contributed by atoms with Gasteiger partial charge in [-0.3, -0.25) is 10.2 Å². The van der Waals surface area contributed by atoms with Crippen LogP contribution in [0, 0.1) is 34.0 Å². The van der Waals surface area contributed by atoms with Crippen LogP contribution in [-0.4, -0.2) is 16.8 Å². The molecule has 1 atom stereocenters. The van der Waals surface area contributed by atoms with E-state index >= 15 is 0 Å². The first-order chi connectivity index (χ1) is 10.2. The largest absolute Gasteiger partial charge is 0.285 e. The maximum absolute atomic E-state index is 12.1. The lowest BCUT2D eigenvalue weighted by Gasteiger charge is -2.27. The number of hydrogen-bond acceptors (Lipinski definition) is 6. The third kappa shape index (κ3) is 2.41. The van der Waals surface area contributed by atoms with Crippen LogP contribution in [0.4, 0.5) is 0 Å². The molecular formula is C15H15N5OS. The Balaban J connectivity index is 2.68. The van der Waals surface area contributed by atoms with Gasteiger partial charge in [0.15, 0.2) is 0 Å². The number of thiophene rings is 1. The number of amides is 1. The van der Waals surface area contributed by atoms with Crippen LogP contribution in [0.1, 0.15) is 30.5 Å². The van der Waals surface area contributed by atoms with Gasteiger partial charge in [-0.1, -0.05) is 20.8 Å². The Morgan fingerprint density at radius 2 is 2.00 bits per heavy atom. The lowest BCUT2D eigenvalue weighted by molar-refractivity contribution is -0.123. The summed E-state index contributed by atoms with van der Waals surface area (Å²) in [6, 6.07) is 7.50. The molecule has 6 nitrogen and oxygen atoms in total. The minimum Gasteiger partial charge on any atom is -0.285 e. The Morgan fingerprint density at radius 3 is 2.45 bits per heavy atom. The predicted molar refractivity (Wildman–Crippen MR) is 83.4 cm³/mol. The number of nitriles is 2. The topological polar surface area (TPSA) is 118 Å². The highest BCUT2D eigenvalue weighted by atomic mass is 32.1. The first kappa shape index (κ1) is 15.9. The Bertz CT molecular complexity index is 769. The molecule has 1 aliphatic heterocycles. The third-order valence-corrected chi connectivity index (χ3v) is 4.92. The second-order valence-corrected chi connectivity index (χ2v) is 7.02. The van der Waals surface area contributed by atoms with Gasteiger partial charge in [0, 0.05) is 15.3 Å². The van der Waals surface area contributed by atoms with Crippen molar-refractivity contribution in [3.63, 3.8) is 0 Å². The molecule has 0 saturated carbocycles. The average Bonchev–Trinajstić information content (AvgIpc) is 2.94. The molecule has 7 heteroatoms. The van der Waals surface area contributed by atoms with Gasteiger partial charge in [-0.25, -0.2) is 10.9 Å². The molecule has 0 saturated heterocycles. The Labute approximate surface area is 132 Å². The van der Waals surface area contributed by atoms with E-state index in [1.54, 1.807) is 6.07 Å². The van der Waals surface area contributed by atoms with Crippen LogP contribution < -0.4 is 5.84 Å². The number of hydrazine groups is 1. The van der Waals surface area contributed by atoms with Crippen LogP contribution in [0.2, 0.25) is 0 Å². The fourth-order valence-electron chi connectivity index (χ4n) is 2.15. The molecule has 0 bridgehead atoms. The third-order valence-electron chi connectivity index (χ3n) is 3.38. The summed E-state index contributed by atoms with van der Waals surface area (Å²) >= 11 is 1.42. The van der Waals surface area contributed by atoms with E-state index < -0.39 is 11.8 Å². The highest BCUT2D eigenvalue weighted by Gasteiger charge is 2.39. The molecule has 0 fully saturated rings. The van der Waals surface area contributed by atoms with Gasteiger partial charge in [-0.15, -0.1) is 11.3 Å². The fourth-order valence-corrected chi connectivity index (χ4v) is 3.30. The molecule has 2 heterocycles. The van der Waals surface area contributed by atoms with Crippen LogP contribution in [-0.2, 0) is 10.2 Å². The zero-order chi connectivity index (χ0) is 16.7. The average molecular weight is 313 g/mol. The second kappa shape index (κ2) is 5.38. The lowest BCUT2D eigenvalue weighted by Crippen LogP contribution is -2.49. The van der Waals surface area contributed by atoms with E-state index in [1.807, 2.05) is 18.2 Å². The number of carbonyl (C=O) groups is 1. The van der Waals surface area contributed by atoms with Gasteiger partial charge in [-0.05, 0) is 17.5 Å². The summed E-state index contributed by atoms with van der Waals surface area (Å²) in [5.74, 6) is 3.41. The minimum absolute atomic E-state index is 0.0789. The van der Waals surface area contributed by atoms with Gasteiger partial charge in [0.1, 0.15) is 23.4 Å². The molecule has 22 heavy (non-hydrogen) atoms. The zero-order valence-corrected chi connectivity index (χ0v) is 13.3. The van der Waals surface area contributed by atoms with Gasteiger partial charge >= 0.3 is 0 Å². The Hall–Kier alpha value is -2.48. The molecule has 1 unspecified atom stereocenters. The van der Waals surface area contributed by atoms with E-state index in [9.17, 15) is 15.3 Å². The molecular weight excluding hydrogens is 298 g/mol. The molecule has 1 aliphatic rings. The Kier molecular flexibility index (Phi) is 3.89. The molecule has 2 rings (SSSR count). The fraction of sp³-hybridized carbons (Fsp3) is 0.333. The predicted octanol–water partition coefficient (Wildman–Crippen LogP) is 2.16. The molecule has 0 radical (unpaired) electrons. The number of hydrogen-bond donors (Lipinski definition) is 2. The van der Waals surface area contributed by atoms with Crippen molar-refractivity contribution in [3.05, 3.63) is 27.5 Å². The standard InChI is InChI=1S/C15H15N5OS/c1-15(2,3)11-5-4-10(22-11)12-8(6-16)13(18)20(19)14(21)9(12)7-17/h4-5,8,18H,19H2,1-3H3. The van der Waals surface area contributed by atoms with Crippen molar-refractivity contribution < 1.29 is 4.79 Å². The van der Waals surface area contributed by atoms with Crippen LogP contribution in [0.25, 0.3) is 5.57 Å². The minimum atomic E-state index is -1.02. The zero-order valence-electron chi connectivity index (χ0n) is 12.5. The van der Waals surface area contributed by atoms with Crippen molar-refractivity contribution in [3.8, 4) is 12.1 Å². The molecule has 0 aromatic carbocycles. The van der Waals surface area contributed by atoms with Crippen molar-refractivity contribution in [2.45, 2.75) is 26.2 Å². The molecule has 3 N–H and O–H groups in total. The van der Waals surface area contributed by atoms with Crippen LogP contribution in [0.15, 0.2) is 17.7 Å².